The van der Waals surface area contributed by atoms with Gasteiger partial charge in [-0.2, -0.15) is 0 Å². The van der Waals surface area contributed by atoms with E-state index < -0.39 is 0 Å². The molecule has 0 unspecified atom stereocenters. The molecule has 7 heteroatoms. The summed E-state index contributed by atoms with van der Waals surface area (Å²) in [4.78, 5) is 23.1. The highest BCUT2D eigenvalue weighted by atomic mass is 35.5. The van der Waals surface area contributed by atoms with Gasteiger partial charge in [-0.3, -0.25) is 4.79 Å². The molecule has 0 spiro atoms. The first-order valence-electron chi connectivity index (χ1n) is 9.27. The molecule has 5 nitrogen and oxygen atoms in total. The molecule has 0 fully saturated rings. The summed E-state index contributed by atoms with van der Waals surface area (Å²) in [6, 6.07) is 19.5. The molecule has 0 saturated heterocycles. The summed E-state index contributed by atoms with van der Waals surface area (Å²) < 4.78 is 0. The number of carbonyl (C=O) groups excluding carboxylic acids is 1. The predicted octanol–water partition coefficient (Wildman–Crippen LogP) is 4.46. The Labute approximate surface area is 180 Å². The Hall–Kier alpha value is -2.57. The van der Waals surface area contributed by atoms with Gasteiger partial charge < -0.3 is 10.2 Å². The van der Waals surface area contributed by atoms with Crippen LogP contribution >= 0.6 is 23.4 Å². The van der Waals surface area contributed by atoms with E-state index in [-0.39, 0.29) is 5.91 Å². The van der Waals surface area contributed by atoms with Gasteiger partial charge in [-0.25, -0.2) is 9.97 Å². The van der Waals surface area contributed by atoms with Crippen molar-refractivity contribution in [1.82, 2.24) is 15.3 Å². The predicted molar refractivity (Wildman–Crippen MR) is 120 cm³/mol. The van der Waals surface area contributed by atoms with Crippen molar-refractivity contribution < 1.29 is 4.79 Å². The number of nitrogens with one attached hydrogen (secondary N) is 1. The molecular formula is C22H23ClN4OS. The van der Waals surface area contributed by atoms with E-state index in [9.17, 15) is 4.79 Å². The first-order valence-corrected chi connectivity index (χ1v) is 10.6. The van der Waals surface area contributed by atoms with Crippen LogP contribution in [0.3, 0.4) is 0 Å². The Bertz CT molecular complexity index is 966. The van der Waals surface area contributed by atoms with Crippen LogP contribution in [0.25, 0.3) is 0 Å². The molecule has 0 aliphatic carbocycles. The minimum Gasteiger partial charge on any atom is -0.363 e. The fourth-order valence-electron chi connectivity index (χ4n) is 2.70. The number of thioether (sulfide) groups is 1. The monoisotopic (exact) mass is 426 g/mol. The van der Waals surface area contributed by atoms with Crippen LogP contribution in [0.4, 0.5) is 5.82 Å². The summed E-state index contributed by atoms with van der Waals surface area (Å²) >= 11 is 7.58. The Morgan fingerprint density at radius 1 is 1.03 bits per heavy atom. The fraction of sp³-hybridized carbons (Fsp3) is 0.227. The molecular weight excluding hydrogens is 404 g/mol. The third kappa shape index (κ3) is 6.48. The number of nitrogens with zero attached hydrogens (tertiary/aromatic N) is 3. The summed E-state index contributed by atoms with van der Waals surface area (Å²) in [6.45, 7) is 0.603. The van der Waals surface area contributed by atoms with E-state index in [0.29, 0.717) is 28.2 Å². The topological polar surface area (TPSA) is 58.1 Å². The van der Waals surface area contributed by atoms with Gasteiger partial charge in [-0.15, -0.1) is 0 Å². The largest absolute Gasteiger partial charge is 0.363 e. The van der Waals surface area contributed by atoms with Gasteiger partial charge in [-0.05, 0) is 29.7 Å². The molecule has 3 rings (SSSR count). The zero-order valence-corrected chi connectivity index (χ0v) is 18.0. The second-order valence-corrected chi connectivity index (χ2v) is 8.04. The average Bonchev–Trinajstić information content (AvgIpc) is 2.73. The Kier molecular flexibility index (Phi) is 7.49. The molecule has 0 bridgehead atoms. The molecule has 0 radical (unpaired) electrons. The lowest BCUT2D eigenvalue weighted by atomic mass is 10.1. The molecule has 1 amide bonds. The van der Waals surface area contributed by atoms with Crippen LogP contribution in [0.1, 0.15) is 21.5 Å². The Balaban J connectivity index is 1.57. The van der Waals surface area contributed by atoms with Crippen LogP contribution in [-0.2, 0) is 12.2 Å². The molecule has 1 heterocycles. The van der Waals surface area contributed by atoms with Crippen molar-refractivity contribution in [3.8, 4) is 0 Å². The highest BCUT2D eigenvalue weighted by Crippen LogP contribution is 2.24. The molecule has 150 valence electrons. The summed E-state index contributed by atoms with van der Waals surface area (Å²) in [7, 11) is 3.82. The van der Waals surface area contributed by atoms with Crippen molar-refractivity contribution in [2.24, 2.45) is 0 Å². The zero-order chi connectivity index (χ0) is 20.6. The average molecular weight is 427 g/mol. The van der Waals surface area contributed by atoms with Gasteiger partial charge in [0.25, 0.3) is 5.91 Å². The number of anilines is 1. The van der Waals surface area contributed by atoms with E-state index in [0.717, 1.165) is 17.8 Å². The zero-order valence-electron chi connectivity index (χ0n) is 16.4. The first-order chi connectivity index (χ1) is 14.0. The Morgan fingerprint density at radius 2 is 1.79 bits per heavy atom. The lowest BCUT2D eigenvalue weighted by Gasteiger charge is -2.12. The molecule has 29 heavy (non-hydrogen) atoms. The standard InChI is InChI=1S/C22H23ClN4OS/c1-27(2)20-14-19(23)25-22(26-20)29-15-17-9-6-10-18(13-17)21(28)24-12-11-16-7-4-3-5-8-16/h3-10,13-14H,11-12,15H2,1-2H3,(H,24,28). The van der Waals surface area contributed by atoms with Crippen LogP contribution in [0, 0.1) is 0 Å². The third-order valence-corrected chi connectivity index (χ3v) is 5.33. The van der Waals surface area contributed by atoms with Gasteiger partial charge >= 0.3 is 0 Å². The van der Waals surface area contributed by atoms with E-state index in [2.05, 4.69) is 27.4 Å². The number of amides is 1. The van der Waals surface area contributed by atoms with Crippen molar-refractivity contribution in [2.75, 3.05) is 25.5 Å². The van der Waals surface area contributed by atoms with E-state index in [1.54, 1.807) is 6.07 Å². The lowest BCUT2D eigenvalue weighted by molar-refractivity contribution is 0.0954. The van der Waals surface area contributed by atoms with E-state index in [1.807, 2.05) is 61.5 Å². The molecule has 3 aromatic rings. The maximum Gasteiger partial charge on any atom is 0.251 e. The second kappa shape index (κ2) is 10.3. The summed E-state index contributed by atoms with van der Waals surface area (Å²) in [5, 5.41) is 4.01. The third-order valence-electron chi connectivity index (χ3n) is 4.22. The molecule has 0 saturated carbocycles. The van der Waals surface area contributed by atoms with Gasteiger partial charge in [0.1, 0.15) is 11.0 Å². The van der Waals surface area contributed by atoms with E-state index >= 15 is 0 Å². The van der Waals surface area contributed by atoms with Crippen molar-refractivity contribution >= 4 is 35.1 Å². The van der Waals surface area contributed by atoms with Gasteiger partial charge in [0.15, 0.2) is 5.16 Å². The summed E-state index contributed by atoms with van der Waals surface area (Å²) in [5.74, 6) is 1.35. The van der Waals surface area contributed by atoms with E-state index in [1.165, 1.54) is 17.3 Å². The van der Waals surface area contributed by atoms with Crippen molar-refractivity contribution in [3.05, 3.63) is 82.5 Å². The number of aromatic nitrogens is 2. The van der Waals surface area contributed by atoms with Crippen LogP contribution in [-0.4, -0.2) is 36.5 Å². The van der Waals surface area contributed by atoms with Gasteiger partial charge in [0.05, 0.1) is 0 Å². The van der Waals surface area contributed by atoms with Crippen molar-refractivity contribution in [3.63, 3.8) is 0 Å². The molecule has 1 aromatic heterocycles. The van der Waals surface area contributed by atoms with Gasteiger partial charge in [0.2, 0.25) is 0 Å². The highest BCUT2D eigenvalue weighted by molar-refractivity contribution is 7.98. The highest BCUT2D eigenvalue weighted by Gasteiger charge is 2.09. The quantitative estimate of drug-likeness (QED) is 0.327. The fourth-order valence-corrected chi connectivity index (χ4v) is 3.72. The summed E-state index contributed by atoms with van der Waals surface area (Å²) in [6.07, 6.45) is 0.808. The van der Waals surface area contributed by atoms with Gasteiger partial charge in [-0.1, -0.05) is 65.8 Å². The van der Waals surface area contributed by atoms with Crippen LogP contribution in [0.2, 0.25) is 5.15 Å². The lowest BCUT2D eigenvalue weighted by Crippen LogP contribution is -2.25. The number of hydrogen-bond acceptors (Lipinski definition) is 5. The molecule has 0 atom stereocenters. The van der Waals surface area contributed by atoms with Crippen molar-refractivity contribution in [2.45, 2.75) is 17.3 Å². The molecule has 1 N–H and O–H groups in total. The molecule has 0 aliphatic rings. The maximum absolute atomic E-state index is 12.5. The molecule has 2 aromatic carbocycles. The number of rotatable bonds is 8. The van der Waals surface area contributed by atoms with Crippen LogP contribution in [0.15, 0.2) is 65.8 Å². The second-order valence-electron chi connectivity index (χ2n) is 6.71. The smallest absolute Gasteiger partial charge is 0.251 e. The minimum atomic E-state index is -0.0679. The van der Waals surface area contributed by atoms with E-state index in [4.69, 9.17) is 11.6 Å². The van der Waals surface area contributed by atoms with Crippen LogP contribution < -0.4 is 10.2 Å². The summed E-state index contributed by atoms with van der Waals surface area (Å²) in [5.41, 5.74) is 2.88. The molecule has 0 aliphatic heterocycles. The normalized spacial score (nSPS) is 10.6. The number of hydrogen-bond donors (Lipinski definition) is 1. The number of benzene rings is 2. The maximum atomic E-state index is 12.5. The Morgan fingerprint density at radius 3 is 2.55 bits per heavy atom. The SMILES string of the molecule is CN(C)c1cc(Cl)nc(SCc2cccc(C(=O)NCCc3ccccc3)c2)n1. The van der Waals surface area contributed by atoms with Crippen LogP contribution in [0.5, 0.6) is 0 Å². The minimum absolute atomic E-state index is 0.0679. The van der Waals surface area contributed by atoms with Crippen molar-refractivity contribution in [1.29, 1.82) is 0 Å². The van der Waals surface area contributed by atoms with Gasteiger partial charge in [0, 0.05) is 38.0 Å². The first kappa shape index (κ1) is 21.1. The number of halogens is 1. The number of carbonyl (C=O) groups is 1.